The molecule has 0 bridgehead atoms. The maximum absolute atomic E-state index is 10.4. The van der Waals surface area contributed by atoms with E-state index in [1.54, 1.807) is 0 Å². The summed E-state index contributed by atoms with van der Waals surface area (Å²) in [6.07, 6.45) is -0.536. The molecule has 0 heterocycles. The van der Waals surface area contributed by atoms with Crippen LogP contribution in [0.3, 0.4) is 0 Å². The topological polar surface area (TPSA) is 87.0 Å². The van der Waals surface area contributed by atoms with Crippen LogP contribution >= 0.6 is 0 Å². The van der Waals surface area contributed by atoms with Gasteiger partial charge in [0, 0.05) is 6.92 Å². The Bertz CT molecular complexity index is 184. The number of hydrogen-bond acceptors (Lipinski definition) is 4. The number of carbonyl (C=O) groups excluding carboxylic acids is 1. The summed E-state index contributed by atoms with van der Waals surface area (Å²) in [5.74, 6) is -1.73. The van der Waals surface area contributed by atoms with E-state index in [-0.39, 0.29) is 5.71 Å². The molecule has 0 aliphatic carbocycles. The highest BCUT2D eigenvalue weighted by Crippen LogP contribution is 1.87. The SMILES string of the molecule is CC(=O)/C(CC(=O)O)=N\O. The Morgan fingerprint density at radius 2 is 2.00 bits per heavy atom. The Morgan fingerprint density at radius 3 is 2.10 bits per heavy atom. The minimum Gasteiger partial charge on any atom is -0.481 e. The van der Waals surface area contributed by atoms with Crippen molar-refractivity contribution < 1.29 is 19.9 Å². The van der Waals surface area contributed by atoms with Gasteiger partial charge in [-0.15, -0.1) is 0 Å². The summed E-state index contributed by atoms with van der Waals surface area (Å²) in [6.45, 7) is 1.14. The molecule has 0 saturated heterocycles. The van der Waals surface area contributed by atoms with E-state index in [2.05, 4.69) is 5.16 Å². The van der Waals surface area contributed by atoms with E-state index in [1.165, 1.54) is 0 Å². The van der Waals surface area contributed by atoms with E-state index in [1.807, 2.05) is 0 Å². The van der Waals surface area contributed by atoms with E-state index in [4.69, 9.17) is 10.3 Å². The molecule has 5 nitrogen and oxygen atoms in total. The van der Waals surface area contributed by atoms with Crippen LogP contribution < -0.4 is 0 Å². The van der Waals surface area contributed by atoms with Gasteiger partial charge in [-0.2, -0.15) is 0 Å². The minimum absolute atomic E-state index is 0.340. The highest BCUT2D eigenvalue weighted by atomic mass is 16.4. The number of hydrogen-bond donors (Lipinski definition) is 2. The highest BCUT2D eigenvalue weighted by molar-refractivity contribution is 6.41. The Kier molecular flexibility index (Phi) is 3.10. The fraction of sp³-hybridized carbons (Fsp3) is 0.400. The molecule has 0 amide bonds. The standard InChI is InChI=1S/C5H7NO4/c1-3(7)4(6-10)2-5(8)9/h10H,2H2,1H3,(H,8,9)/b6-4-. The molecule has 0 saturated carbocycles. The number of Topliss-reactive ketones (excluding diaryl/α,β-unsaturated/α-hetero) is 1. The van der Waals surface area contributed by atoms with Crippen molar-refractivity contribution in [3.63, 3.8) is 0 Å². The summed E-state index contributed by atoms with van der Waals surface area (Å²) < 4.78 is 0. The monoisotopic (exact) mass is 145 g/mol. The van der Waals surface area contributed by atoms with Gasteiger partial charge in [0.25, 0.3) is 0 Å². The number of nitrogens with zero attached hydrogens (tertiary/aromatic N) is 1. The van der Waals surface area contributed by atoms with Crippen LogP contribution in [0.4, 0.5) is 0 Å². The van der Waals surface area contributed by atoms with Gasteiger partial charge in [-0.3, -0.25) is 9.59 Å². The van der Waals surface area contributed by atoms with Gasteiger partial charge in [0.15, 0.2) is 5.78 Å². The second-order valence-corrected chi connectivity index (χ2v) is 1.67. The Balaban J connectivity index is 4.12. The van der Waals surface area contributed by atoms with E-state index < -0.39 is 18.2 Å². The molecular weight excluding hydrogens is 138 g/mol. The maximum Gasteiger partial charge on any atom is 0.309 e. The molecule has 2 N–H and O–H groups in total. The molecule has 0 atom stereocenters. The zero-order valence-corrected chi connectivity index (χ0v) is 5.37. The quantitative estimate of drug-likeness (QED) is 0.329. The van der Waals surface area contributed by atoms with Gasteiger partial charge in [-0.1, -0.05) is 5.16 Å². The first-order valence-corrected chi connectivity index (χ1v) is 2.51. The Morgan fingerprint density at radius 1 is 1.50 bits per heavy atom. The summed E-state index contributed by atoms with van der Waals surface area (Å²) >= 11 is 0. The van der Waals surface area contributed by atoms with Crippen molar-refractivity contribution >= 4 is 17.5 Å². The van der Waals surface area contributed by atoms with Crippen LogP contribution in [0.2, 0.25) is 0 Å². The molecule has 0 aliphatic heterocycles. The molecule has 56 valence electrons. The van der Waals surface area contributed by atoms with Crippen molar-refractivity contribution in [3.8, 4) is 0 Å². The van der Waals surface area contributed by atoms with Crippen LogP contribution in [0.5, 0.6) is 0 Å². The third-order valence-corrected chi connectivity index (χ3v) is 0.846. The average Bonchev–Trinajstić information content (AvgIpc) is 1.81. The predicted octanol–water partition coefficient (Wildman–Crippen LogP) is -0.120. The van der Waals surface area contributed by atoms with Crippen LogP contribution in [0.15, 0.2) is 5.16 Å². The van der Waals surface area contributed by atoms with Gasteiger partial charge < -0.3 is 10.3 Å². The number of carboxylic acid groups (broad SMARTS) is 1. The van der Waals surface area contributed by atoms with Crippen LogP contribution in [0, 0.1) is 0 Å². The van der Waals surface area contributed by atoms with Crippen LogP contribution in [-0.4, -0.2) is 27.8 Å². The molecular formula is C5H7NO4. The molecule has 5 heteroatoms. The summed E-state index contributed by atoms with van der Waals surface area (Å²) in [5, 5.41) is 18.7. The second kappa shape index (κ2) is 3.60. The van der Waals surface area contributed by atoms with Crippen LogP contribution in [0.25, 0.3) is 0 Å². The fourth-order valence-electron chi connectivity index (χ4n) is 0.373. The molecule has 0 aromatic heterocycles. The lowest BCUT2D eigenvalue weighted by Crippen LogP contribution is -2.14. The van der Waals surface area contributed by atoms with Crippen molar-refractivity contribution in [1.29, 1.82) is 0 Å². The lowest BCUT2D eigenvalue weighted by molar-refractivity contribution is -0.136. The van der Waals surface area contributed by atoms with Gasteiger partial charge in [-0.25, -0.2) is 0 Å². The molecule has 0 aromatic rings. The highest BCUT2D eigenvalue weighted by Gasteiger charge is 2.10. The summed E-state index contributed by atoms with van der Waals surface area (Å²) in [7, 11) is 0. The van der Waals surface area contributed by atoms with Crippen molar-refractivity contribution in [2.75, 3.05) is 0 Å². The first-order valence-electron chi connectivity index (χ1n) is 2.51. The van der Waals surface area contributed by atoms with E-state index in [0.29, 0.717) is 0 Å². The minimum atomic E-state index is -1.19. The molecule has 0 spiro atoms. The predicted molar refractivity (Wildman–Crippen MR) is 32.2 cm³/mol. The Labute approximate surface area is 57.0 Å². The van der Waals surface area contributed by atoms with Crippen molar-refractivity contribution in [2.24, 2.45) is 5.16 Å². The van der Waals surface area contributed by atoms with E-state index in [0.717, 1.165) is 6.92 Å². The van der Waals surface area contributed by atoms with Crippen molar-refractivity contribution in [2.45, 2.75) is 13.3 Å². The average molecular weight is 145 g/mol. The number of ketones is 1. The molecule has 0 aliphatic rings. The first-order chi connectivity index (χ1) is 4.57. The number of aliphatic carboxylic acids is 1. The largest absolute Gasteiger partial charge is 0.481 e. The van der Waals surface area contributed by atoms with Crippen LogP contribution in [0.1, 0.15) is 13.3 Å². The zero-order valence-electron chi connectivity index (χ0n) is 5.37. The van der Waals surface area contributed by atoms with Gasteiger partial charge in [-0.05, 0) is 0 Å². The van der Waals surface area contributed by atoms with Crippen molar-refractivity contribution in [3.05, 3.63) is 0 Å². The number of rotatable bonds is 3. The molecule has 0 aromatic carbocycles. The lowest BCUT2D eigenvalue weighted by atomic mass is 10.2. The molecule has 10 heavy (non-hydrogen) atoms. The number of carbonyl (C=O) groups is 2. The summed E-state index contributed by atoms with van der Waals surface area (Å²) in [4.78, 5) is 20.3. The third kappa shape index (κ3) is 2.81. The number of oxime groups is 1. The molecule has 0 radical (unpaired) electrons. The lowest BCUT2D eigenvalue weighted by Gasteiger charge is -1.92. The van der Waals surface area contributed by atoms with Gasteiger partial charge in [0.2, 0.25) is 0 Å². The Hall–Kier alpha value is -1.39. The third-order valence-electron chi connectivity index (χ3n) is 0.846. The van der Waals surface area contributed by atoms with Gasteiger partial charge in [0.05, 0.1) is 6.42 Å². The molecule has 0 fully saturated rings. The van der Waals surface area contributed by atoms with Crippen LogP contribution in [-0.2, 0) is 9.59 Å². The maximum atomic E-state index is 10.4. The van der Waals surface area contributed by atoms with Gasteiger partial charge >= 0.3 is 5.97 Å². The summed E-state index contributed by atoms with van der Waals surface area (Å²) in [6, 6.07) is 0. The van der Waals surface area contributed by atoms with E-state index in [9.17, 15) is 9.59 Å². The van der Waals surface area contributed by atoms with E-state index >= 15 is 0 Å². The zero-order chi connectivity index (χ0) is 8.15. The molecule has 0 unspecified atom stereocenters. The number of carboxylic acids is 1. The molecule has 0 rings (SSSR count). The normalized spacial score (nSPS) is 11.1. The first kappa shape index (κ1) is 8.61. The van der Waals surface area contributed by atoms with Gasteiger partial charge in [0.1, 0.15) is 5.71 Å². The van der Waals surface area contributed by atoms with Crippen molar-refractivity contribution in [1.82, 2.24) is 0 Å². The second-order valence-electron chi connectivity index (χ2n) is 1.67. The summed E-state index contributed by atoms with van der Waals surface area (Å²) in [5.41, 5.74) is -0.340. The smallest absolute Gasteiger partial charge is 0.309 e. The fourth-order valence-corrected chi connectivity index (χ4v) is 0.373.